The summed E-state index contributed by atoms with van der Waals surface area (Å²) in [6.07, 6.45) is 4.89. The van der Waals surface area contributed by atoms with Crippen molar-refractivity contribution in [2.75, 3.05) is 18.4 Å². The topological polar surface area (TPSA) is 45.2 Å². The summed E-state index contributed by atoms with van der Waals surface area (Å²) < 4.78 is 0. The number of carbonyl (C=O) groups is 1. The van der Waals surface area contributed by atoms with Crippen molar-refractivity contribution in [1.82, 2.24) is 9.88 Å². The zero-order chi connectivity index (χ0) is 13.9. The van der Waals surface area contributed by atoms with Crippen LogP contribution in [0, 0.1) is 0 Å². The third kappa shape index (κ3) is 3.06. The van der Waals surface area contributed by atoms with E-state index >= 15 is 0 Å². The maximum Gasteiger partial charge on any atom is 0.255 e. The van der Waals surface area contributed by atoms with Crippen molar-refractivity contribution < 1.29 is 4.79 Å². The van der Waals surface area contributed by atoms with Gasteiger partial charge in [-0.3, -0.25) is 4.79 Å². The van der Waals surface area contributed by atoms with E-state index in [0.717, 1.165) is 38.2 Å². The van der Waals surface area contributed by atoms with Crippen LogP contribution in [0.25, 0.3) is 0 Å². The van der Waals surface area contributed by atoms with Gasteiger partial charge in [0, 0.05) is 24.8 Å². The van der Waals surface area contributed by atoms with E-state index in [-0.39, 0.29) is 11.4 Å². The molecular weight excluding hydrogens is 238 g/mol. The minimum atomic E-state index is -0.0315. The zero-order valence-corrected chi connectivity index (χ0v) is 12.1. The van der Waals surface area contributed by atoms with Gasteiger partial charge >= 0.3 is 0 Å². The summed E-state index contributed by atoms with van der Waals surface area (Å²) >= 11 is 0. The van der Waals surface area contributed by atoms with Crippen LogP contribution in [0.4, 0.5) is 5.82 Å². The Morgan fingerprint density at radius 2 is 2.26 bits per heavy atom. The lowest BCUT2D eigenvalue weighted by molar-refractivity contribution is 0.0651. The molecule has 19 heavy (non-hydrogen) atoms. The van der Waals surface area contributed by atoms with Gasteiger partial charge in [0.2, 0.25) is 0 Å². The van der Waals surface area contributed by atoms with Gasteiger partial charge in [0.05, 0.1) is 5.56 Å². The molecule has 0 bridgehead atoms. The molecule has 1 amide bonds. The van der Waals surface area contributed by atoms with Crippen LogP contribution in [0.5, 0.6) is 0 Å². The van der Waals surface area contributed by atoms with E-state index in [1.54, 1.807) is 6.20 Å². The second-order valence-corrected chi connectivity index (χ2v) is 5.73. The molecule has 0 atom stereocenters. The van der Waals surface area contributed by atoms with Crippen LogP contribution < -0.4 is 5.32 Å². The number of rotatable bonds is 4. The van der Waals surface area contributed by atoms with Crippen molar-refractivity contribution >= 4 is 11.7 Å². The van der Waals surface area contributed by atoms with E-state index in [1.807, 2.05) is 17.0 Å². The Morgan fingerprint density at radius 1 is 1.47 bits per heavy atom. The fourth-order valence-corrected chi connectivity index (χ4v) is 2.52. The summed E-state index contributed by atoms with van der Waals surface area (Å²) in [4.78, 5) is 18.7. The number of nitrogens with zero attached hydrogens (tertiary/aromatic N) is 2. The molecule has 104 valence electrons. The standard InChI is InChI=1S/C15H23N3O/c1-4-9-16-13-7-6-12(11-17-13)14(19)18-10-5-8-15(18,2)3/h6-7,11H,4-5,8-10H2,1-3H3,(H,16,17). The van der Waals surface area contributed by atoms with Crippen LogP contribution >= 0.6 is 0 Å². The predicted octanol–water partition coefficient (Wildman–Crippen LogP) is 2.92. The van der Waals surface area contributed by atoms with E-state index in [2.05, 4.69) is 31.1 Å². The Balaban J connectivity index is 2.07. The molecule has 2 rings (SSSR count). The van der Waals surface area contributed by atoms with Crippen LogP contribution in [-0.2, 0) is 0 Å². The number of pyridine rings is 1. The Labute approximate surface area is 115 Å². The van der Waals surface area contributed by atoms with Crippen LogP contribution in [0.3, 0.4) is 0 Å². The molecule has 1 aromatic rings. The van der Waals surface area contributed by atoms with Gasteiger partial charge in [-0.1, -0.05) is 6.92 Å². The van der Waals surface area contributed by atoms with Crippen molar-refractivity contribution in [3.8, 4) is 0 Å². The average Bonchev–Trinajstić information content (AvgIpc) is 2.76. The van der Waals surface area contributed by atoms with Gasteiger partial charge in [0.25, 0.3) is 5.91 Å². The highest BCUT2D eigenvalue weighted by molar-refractivity contribution is 5.94. The molecule has 1 aliphatic heterocycles. The van der Waals surface area contributed by atoms with E-state index in [1.165, 1.54) is 0 Å². The Hall–Kier alpha value is -1.58. The van der Waals surface area contributed by atoms with E-state index < -0.39 is 0 Å². The summed E-state index contributed by atoms with van der Waals surface area (Å²) in [5, 5.41) is 3.21. The van der Waals surface area contributed by atoms with Gasteiger partial charge in [-0.05, 0) is 45.2 Å². The normalized spacial score (nSPS) is 17.5. The molecule has 0 aliphatic carbocycles. The van der Waals surface area contributed by atoms with Crippen LogP contribution in [0.2, 0.25) is 0 Å². The zero-order valence-electron chi connectivity index (χ0n) is 12.1. The minimum Gasteiger partial charge on any atom is -0.370 e. The molecule has 0 radical (unpaired) electrons. The second kappa shape index (κ2) is 5.59. The minimum absolute atomic E-state index is 0.0315. The van der Waals surface area contributed by atoms with E-state index in [4.69, 9.17) is 0 Å². The molecule has 4 nitrogen and oxygen atoms in total. The van der Waals surface area contributed by atoms with Gasteiger partial charge in [-0.25, -0.2) is 4.98 Å². The Bertz CT molecular complexity index is 439. The molecule has 1 fully saturated rings. The summed E-state index contributed by atoms with van der Waals surface area (Å²) in [7, 11) is 0. The summed E-state index contributed by atoms with van der Waals surface area (Å²) in [5.74, 6) is 0.927. The first kappa shape index (κ1) is 13.8. The number of carbonyl (C=O) groups excluding carboxylic acids is 1. The number of hydrogen-bond donors (Lipinski definition) is 1. The molecule has 0 spiro atoms. The Morgan fingerprint density at radius 3 is 2.79 bits per heavy atom. The Kier molecular flexibility index (Phi) is 4.08. The highest BCUT2D eigenvalue weighted by Gasteiger charge is 2.35. The number of nitrogens with one attached hydrogen (secondary N) is 1. The average molecular weight is 261 g/mol. The van der Waals surface area contributed by atoms with Gasteiger partial charge < -0.3 is 10.2 Å². The second-order valence-electron chi connectivity index (χ2n) is 5.73. The number of amides is 1. The molecule has 0 saturated carbocycles. The molecular formula is C15H23N3O. The van der Waals surface area contributed by atoms with Gasteiger partial charge in [0.15, 0.2) is 0 Å². The highest BCUT2D eigenvalue weighted by atomic mass is 16.2. The number of anilines is 1. The lowest BCUT2D eigenvalue weighted by Gasteiger charge is -2.31. The first-order chi connectivity index (χ1) is 9.04. The quantitative estimate of drug-likeness (QED) is 0.906. The van der Waals surface area contributed by atoms with Crippen molar-refractivity contribution in [2.45, 2.75) is 45.6 Å². The van der Waals surface area contributed by atoms with Gasteiger partial charge in [-0.2, -0.15) is 0 Å². The fourth-order valence-electron chi connectivity index (χ4n) is 2.52. The third-order valence-corrected chi connectivity index (χ3v) is 3.71. The van der Waals surface area contributed by atoms with E-state index in [9.17, 15) is 4.79 Å². The van der Waals surface area contributed by atoms with E-state index in [0.29, 0.717) is 5.56 Å². The summed E-state index contributed by atoms with van der Waals surface area (Å²) in [6, 6.07) is 3.74. The molecule has 2 heterocycles. The lowest BCUT2D eigenvalue weighted by Crippen LogP contribution is -2.42. The molecule has 1 saturated heterocycles. The summed E-state index contributed by atoms with van der Waals surface area (Å²) in [6.45, 7) is 8.12. The number of aromatic nitrogens is 1. The number of likely N-dealkylation sites (tertiary alicyclic amines) is 1. The van der Waals surface area contributed by atoms with Crippen molar-refractivity contribution in [3.05, 3.63) is 23.9 Å². The monoisotopic (exact) mass is 261 g/mol. The van der Waals surface area contributed by atoms with Crippen LogP contribution in [0.15, 0.2) is 18.3 Å². The SMILES string of the molecule is CCCNc1ccc(C(=O)N2CCCC2(C)C)cn1. The molecule has 4 heteroatoms. The molecule has 1 aliphatic rings. The highest BCUT2D eigenvalue weighted by Crippen LogP contribution is 2.29. The smallest absolute Gasteiger partial charge is 0.255 e. The lowest BCUT2D eigenvalue weighted by atomic mass is 10.0. The van der Waals surface area contributed by atoms with Crippen molar-refractivity contribution in [1.29, 1.82) is 0 Å². The predicted molar refractivity (Wildman–Crippen MR) is 77.4 cm³/mol. The van der Waals surface area contributed by atoms with Crippen LogP contribution in [0.1, 0.15) is 50.4 Å². The maximum atomic E-state index is 12.5. The van der Waals surface area contributed by atoms with Gasteiger partial charge in [0.1, 0.15) is 5.82 Å². The molecule has 1 aromatic heterocycles. The number of hydrogen-bond acceptors (Lipinski definition) is 3. The van der Waals surface area contributed by atoms with Gasteiger partial charge in [-0.15, -0.1) is 0 Å². The fraction of sp³-hybridized carbons (Fsp3) is 0.600. The summed E-state index contributed by atoms with van der Waals surface area (Å²) in [5.41, 5.74) is 0.646. The third-order valence-electron chi connectivity index (χ3n) is 3.71. The molecule has 0 aromatic carbocycles. The van der Waals surface area contributed by atoms with Crippen LogP contribution in [-0.4, -0.2) is 34.4 Å². The molecule has 1 N–H and O–H groups in total. The van der Waals surface area contributed by atoms with Crippen molar-refractivity contribution in [3.63, 3.8) is 0 Å². The van der Waals surface area contributed by atoms with Crippen molar-refractivity contribution in [2.24, 2.45) is 0 Å². The first-order valence-corrected chi connectivity index (χ1v) is 7.06. The molecule has 0 unspecified atom stereocenters. The maximum absolute atomic E-state index is 12.5. The largest absolute Gasteiger partial charge is 0.370 e. The first-order valence-electron chi connectivity index (χ1n) is 7.06.